The number of likely N-dealkylation sites (tertiary alicyclic amines) is 1. The van der Waals surface area contributed by atoms with Gasteiger partial charge in [0, 0.05) is 26.3 Å². The number of aryl methyl sites for hydroxylation is 1. The summed E-state index contributed by atoms with van der Waals surface area (Å²) in [7, 11) is 4.03. The summed E-state index contributed by atoms with van der Waals surface area (Å²) in [4.78, 5) is 2.60. The third-order valence-electron chi connectivity index (χ3n) is 3.57. The van der Waals surface area contributed by atoms with Gasteiger partial charge < -0.3 is 10.2 Å². The van der Waals surface area contributed by atoms with Crippen LogP contribution in [0.5, 0.6) is 0 Å². The van der Waals surface area contributed by atoms with Crippen molar-refractivity contribution in [2.45, 2.75) is 19.3 Å². The van der Waals surface area contributed by atoms with Gasteiger partial charge in [-0.3, -0.25) is 4.68 Å². The maximum atomic E-state index is 4.21. The highest BCUT2D eigenvalue weighted by atomic mass is 35.5. The molecule has 1 aromatic rings. The molecule has 19 heavy (non-hydrogen) atoms. The van der Waals surface area contributed by atoms with E-state index in [0.717, 1.165) is 18.9 Å². The molecule has 1 fully saturated rings. The van der Waals surface area contributed by atoms with Crippen molar-refractivity contribution in [2.24, 2.45) is 13.0 Å². The SMILES string of the molecule is CNCC1CCCN(CCc2cnn(C)c2)C1.Cl.Cl. The largest absolute Gasteiger partial charge is 0.319 e. The Morgan fingerprint density at radius 3 is 2.84 bits per heavy atom. The van der Waals surface area contributed by atoms with Crippen molar-refractivity contribution in [3.05, 3.63) is 18.0 Å². The van der Waals surface area contributed by atoms with Gasteiger partial charge in [0.15, 0.2) is 0 Å². The Hall–Kier alpha value is -0.290. The van der Waals surface area contributed by atoms with E-state index in [2.05, 4.69) is 28.6 Å². The van der Waals surface area contributed by atoms with E-state index in [1.807, 2.05) is 17.9 Å². The van der Waals surface area contributed by atoms with Gasteiger partial charge in [0.25, 0.3) is 0 Å². The molecule has 0 radical (unpaired) electrons. The summed E-state index contributed by atoms with van der Waals surface area (Å²) in [5.74, 6) is 0.836. The number of nitrogens with zero attached hydrogens (tertiary/aromatic N) is 3. The van der Waals surface area contributed by atoms with E-state index in [-0.39, 0.29) is 24.8 Å². The number of hydrogen-bond acceptors (Lipinski definition) is 3. The van der Waals surface area contributed by atoms with Crippen molar-refractivity contribution < 1.29 is 0 Å². The quantitative estimate of drug-likeness (QED) is 0.899. The number of piperidine rings is 1. The molecular formula is C13H26Cl2N4. The minimum Gasteiger partial charge on any atom is -0.319 e. The Kier molecular flexibility index (Phi) is 9.44. The molecule has 0 saturated carbocycles. The molecule has 0 spiro atoms. The summed E-state index contributed by atoms with van der Waals surface area (Å²) in [6.07, 6.45) is 7.95. The first-order valence-electron chi connectivity index (χ1n) is 6.62. The van der Waals surface area contributed by atoms with Crippen molar-refractivity contribution in [2.75, 3.05) is 33.2 Å². The van der Waals surface area contributed by atoms with E-state index in [1.54, 1.807) is 0 Å². The average molecular weight is 309 g/mol. The van der Waals surface area contributed by atoms with Crippen LogP contribution in [-0.4, -0.2) is 47.9 Å². The topological polar surface area (TPSA) is 33.1 Å². The monoisotopic (exact) mass is 308 g/mol. The lowest BCUT2D eigenvalue weighted by Crippen LogP contribution is -2.39. The van der Waals surface area contributed by atoms with Gasteiger partial charge in [-0.1, -0.05) is 0 Å². The number of rotatable bonds is 5. The van der Waals surface area contributed by atoms with E-state index in [0.29, 0.717) is 0 Å². The van der Waals surface area contributed by atoms with Crippen molar-refractivity contribution in [3.63, 3.8) is 0 Å². The zero-order valence-corrected chi connectivity index (χ0v) is 13.5. The second-order valence-electron chi connectivity index (χ2n) is 5.14. The van der Waals surface area contributed by atoms with E-state index >= 15 is 0 Å². The molecule has 2 rings (SSSR count). The third kappa shape index (κ3) is 6.13. The maximum absolute atomic E-state index is 4.21. The van der Waals surface area contributed by atoms with E-state index in [4.69, 9.17) is 0 Å². The van der Waals surface area contributed by atoms with Crippen LogP contribution in [0.25, 0.3) is 0 Å². The molecule has 0 bridgehead atoms. The van der Waals surface area contributed by atoms with Crippen molar-refractivity contribution in [1.82, 2.24) is 20.0 Å². The van der Waals surface area contributed by atoms with Crippen LogP contribution >= 0.6 is 24.8 Å². The van der Waals surface area contributed by atoms with Gasteiger partial charge in [-0.15, -0.1) is 24.8 Å². The average Bonchev–Trinajstić information content (AvgIpc) is 2.74. The Balaban J connectivity index is 0.00000162. The zero-order chi connectivity index (χ0) is 12.1. The summed E-state index contributed by atoms with van der Waals surface area (Å²) in [6, 6.07) is 0. The number of halogens is 2. The molecule has 2 heterocycles. The van der Waals surface area contributed by atoms with Crippen LogP contribution < -0.4 is 5.32 Å². The molecule has 112 valence electrons. The van der Waals surface area contributed by atoms with Gasteiger partial charge in [-0.05, 0) is 50.9 Å². The molecule has 0 aromatic carbocycles. The molecule has 0 aliphatic carbocycles. The van der Waals surface area contributed by atoms with Gasteiger partial charge in [-0.2, -0.15) is 5.10 Å². The standard InChI is InChI=1S/C13H24N4.2ClH/c1-14-8-12-4-3-6-17(11-12)7-5-13-9-15-16(2)10-13;;/h9-10,12,14H,3-8,11H2,1-2H3;2*1H. The molecule has 1 unspecified atom stereocenters. The molecule has 1 aliphatic rings. The van der Waals surface area contributed by atoms with Crippen LogP contribution in [0.15, 0.2) is 12.4 Å². The molecular weight excluding hydrogens is 283 g/mol. The fraction of sp³-hybridized carbons (Fsp3) is 0.769. The van der Waals surface area contributed by atoms with Crippen molar-refractivity contribution in [3.8, 4) is 0 Å². The first kappa shape index (κ1) is 18.7. The summed E-state index contributed by atoms with van der Waals surface area (Å²) in [5, 5.41) is 7.51. The second-order valence-corrected chi connectivity index (χ2v) is 5.14. The minimum atomic E-state index is 0. The van der Waals surface area contributed by atoms with Gasteiger partial charge >= 0.3 is 0 Å². The van der Waals surface area contributed by atoms with Crippen LogP contribution in [0.1, 0.15) is 18.4 Å². The Morgan fingerprint density at radius 1 is 1.42 bits per heavy atom. The van der Waals surface area contributed by atoms with Gasteiger partial charge in [0.05, 0.1) is 6.20 Å². The lowest BCUT2D eigenvalue weighted by molar-refractivity contribution is 0.175. The molecule has 1 aliphatic heterocycles. The smallest absolute Gasteiger partial charge is 0.0522 e. The normalized spacial score (nSPS) is 19.6. The number of aromatic nitrogens is 2. The molecule has 1 atom stereocenters. The summed E-state index contributed by atoms with van der Waals surface area (Å²) in [5.41, 5.74) is 1.35. The predicted octanol–water partition coefficient (Wildman–Crippen LogP) is 1.74. The van der Waals surface area contributed by atoms with E-state index < -0.39 is 0 Å². The van der Waals surface area contributed by atoms with Gasteiger partial charge in [0.1, 0.15) is 0 Å². The van der Waals surface area contributed by atoms with E-state index in [9.17, 15) is 0 Å². The number of nitrogens with one attached hydrogen (secondary N) is 1. The Bertz CT molecular complexity index is 341. The maximum Gasteiger partial charge on any atom is 0.0522 e. The van der Waals surface area contributed by atoms with E-state index in [1.165, 1.54) is 38.0 Å². The first-order valence-corrected chi connectivity index (χ1v) is 6.62. The third-order valence-corrected chi connectivity index (χ3v) is 3.57. The summed E-state index contributed by atoms with van der Waals surface area (Å²) >= 11 is 0. The molecule has 4 nitrogen and oxygen atoms in total. The fourth-order valence-corrected chi connectivity index (χ4v) is 2.70. The Labute approximate surface area is 128 Å². The summed E-state index contributed by atoms with van der Waals surface area (Å²) < 4.78 is 1.88. The van der Waals surface area contributed by atoms with Gasteiger partial charge in [0.2, 0.25) is 0 Å². The van der Waals surface area contributed by atoms with Crippen LogP contribution in [-0.2, 0) is 13.5 Å². The molecule has 1 N–H and O–H groups in total. The highest BCUT2D eigenvalue weighted by Gasteiger charge is 2.18. The number of hydrogen-bond donors (Lipinski definition) is 1. The van der Waals surface area contributed by atoms with Crippen molar-refractivity contribution in [1.29, 1.82) is 0 Å². The first-order chi connectivity index (χ1) is 8.28. The summed E-state index contributed by atoms with van der Waals surface area (Å²) in [6.45, 7) is 4.84. The lowest BCUT2D eigenvalue weighted by Gasteiger charge is -2.32. The highest BCUT2D eigenvalue weighted by molar-refractivity contribution is 5.85. The molecule has 1 saturated heterocycles. The zero-order valence-electron chi connectivity index (χ0n) is 11.8. The van der Waals surface area contributed by atoms with Gasteiger partial charge in [-0.25, -0.2) is 0 Å². The van der Waals surface area contributed by atoms with Crippen LogP contribution in [0.3, 0.4) is 0 Å². The predicted molar refractivity (Wildman–Crippen MR) is 84.5 cm³/mol. The minimum absolute atomic E-state index is 0. The fourth-order valence-electron chi connectivity index (χ4n) is 2.70. The lowest BCUT2D eigenvalue weighted by atomic mass is 9.98. The van der Waals surface area contributed by atoms with Crippen molar-refractivity contribution >= 4 is 24.8 Å². The van der Waals surface area contributed by atoms with Crippen LogP contribution in [0, 0.1) is 5.92 Å². The second kappa shape index (κ2) is 9.59. The van der Waals surface area contributed by atoms with Crippen LogP contribution in [0.2, 0.25) is 0 Å². The Morgan fingerprint density at radius 2 is 2.21 bits per heavy atom. The molecule has 6 heteroatoms. The highest BCUT2D eigenvalue weighted by Crippen LogP contribution is 2.15. The molecule has 0 amide bonds. The molecule has 1 aromatic heterocycles. The van der Waals surface area contributed by atoms with Crippen LogP contribution in [0.4, 0.5) is 0 Å².